The molecule has 0 unspecified atom stereocenters. The fourth-order valence-electron chi connectivity index (χ4n) is 2.22. The first-order valence-electron chi connectivity index (χ1n) is 7.31. The van der Waals surface area contributed by atoms with Gasteiger partial charge in [0, 0.05) is 0 Å². The van der Waals surface area contributed by atoms with E-state index >= 15 is 0 Å². The Morgan fingerprint density at radius 3 is 2.80 bits per heavy atom. The van der Waals surface area contributed by atoms with Gasteiger partial charge in [-0.25, -0.2) is 4.79 Å². The highest BCUT2D eigenvalue weighted by atomic mass is 16.6. The van der Waals surface area contributed by atoms with Crippen molar-refractivity contribution >= 4 is 10.9 Å². The van der Waals surface area contributed by atoms with Gasteiger partial charge in [0.05, 0.1) is 17.5 Å². The summed E-state index contributed by atoms with van der Waals surface area (Å²) in [6.45, 7) is 4.74. The minimum Gasteiger partial charge on any atom is -0.450 e. The van der Waals surface area contributed by atoms with Crippen LogP contribution in [0.15, 0.2) is 27.4 Å². The molecule has 0 amide bonds. The molecule has 2 rings (SSSR count). The number of rotatable bonds is 7. The monoisotopic (exact) mass is 275 g/mol. The second kappa shape index (κ2) is 7.08. The molecular weight excluding hydrogens is 254 g/mol. The molecule has 0 saturated carbocycles. The van der Waals surface area contributed by atoms with Crippen LogP contribution >= 0.6 is 0 Å². The molecule has 108 valence electrons. The zero-order valence-corrected chi connectivity index (χ0v) is 12.1. The summed E-state index contributed by atoms with van der Waals surface area (Å²) in [7, 11) is 0. The van der Waals surface area contributed by atoms with E-state index in [0.717, 1.165) is 37.7 Å². The summed E-state index contributed by atoms with van der Waals surface area (Å²) in [5.41, 5.74) is 1.28. The lowest BCUT2D eigenvalue weighted by atomic mass is 10.1. The van der Waals surface area contributed by atoms with Gasteiger partial charge in [-0.15, -0.1) is 0 Å². The molecule has 4 nitrogen and oxygen atoms in total. The summed E-state index contributed by atoms with van der Waals surface area (Å²) in [6, 6.07) is 5.69. The van der Waals surface area contributed by atoms with Gasteiger partial charge in [0.2, 0.25) is 0 Å². The predicted molar refractivity (Wildman–Crippen MR) is 79.3 cm³/mol. The third-order valence-corrected chi connectivity index (χ3v) is 3.22. The van der Waals surface area contributed by atoms with Gasteiger partial charge in [-0.3, -0.25) is 0 Å². The van der Waals surface area contributed by atoms with Crippen molar-refractivity contribution in [2.24, 2.45) is 0 Å². The number of unbranched alkanes of at least 4 members (excludes halogenated alkanes) is 2. The lowest BCUT2D eigenvalue weighted by molar-refractivity contribution is 0.212. The fraction of sp³-hybridized carbons (Fsp3) is 0.500. The van der Waals surface area contributed by atoms with Crippen molar-refractivity contribution in [2.45, 2.75) is 46.0 Å². The van der Waals surface area contributed by atoms with Crippen molar-refractivity contribution in [3.63, 3.8) is 0 Å². The van der Waals surface area contributed by atoms with Crippen LogP contribution in [0, 0.1) is 0 Å². The van der Waals surface area contributed by atoms with Crippen molar-refractivity contribution in [1.82, 2.24) is 4.98 Å². The molecule has 0 aliphatic heterocycles. The number of aryl methyl sites for hydroxylation is 1. The molecule has 4 heteroatoms. The molecule has 2 aromatic rings. The van der Waals surface area contributed by atoms with Crippen molar-refractivity contribution in [2.75, 3.05) is 6.61 Å². The highest BCUT2D eigenvalue weighted by molar-refractivity contribution is 5.80. The fourth-order valence-corrected chi connectivity index (χ4v) is 2.22. The van der Waals surface area contributed by atoms with E-state index in [9.17, 15) is 4.79 Å². The first kappa shape index (κ1) is 14.6. The first-order chi connectivity index (χ1) is 9.76. The van der Waals surface area contributed by atoms with E-state index in [2.05, 4.69) is 18.8 Å². The Bertz CT molecular complexity index is 619. The van der Waals surface area contributed by atoms with Gasteiger partial charge >= 0.3 is 11.7 Å². The maximum Gasteiger partial charge on any atom is 0.397 e. The van der Waals surface area contributed by atoms with E-state index < -0.39 is 0 Å². The SMILES string of the molecule is CCCCCOc1nc2cccc(CCC)c2c(=O)o1. The smallest absolute Gasteiger partial charge is 0.397 e. The van der Waals surface area contributed by atoms with Crippen LogP contribution in [0.3, 0.4) is 0 Å². The first-order valence-corrected chi connectivity index (χ1v) is 7.31. The molecule has 0 spiro atoms. The van der Waals surface area contributed by atoms with Crippen molar-refractivity contribution in [3.05, 3.63) is 34.2 Å². The minimum atomic E-state index is -0.357. The number of fused-ring (bicyclic) bond motifs is 1. The molecule has 1 aromatic heterocycles. The molecule has 1 aromatic carbocycles. The Balaban J connectivity index is 2.26. The van der Waals surface area contributed by atoms with Gasteiger partial charge in [0.1, 0.15) is 0 Å². The topological polar surface area (TPSA) is 52.3 Å². The summed E-state index contributed by atoms with van der Waals surface area (Å²) in [6.07, 6.45) is 5.06. The standard InChI is InChI=1S/C16H21NO3/c1-3-5-6-11-19-16-17-13-10-7-9-12(8-4-2)14(13)15(18)20-16/h7,9-10H,3-6,8,11H2,1-2H3. The number of aromatic nitrogens is 1. The highest BCUT2D eigenvalue weighted by Crippen LogP contribution is 2.18. The normalized spacial score (nSPS) is 10.9. The van der Waals surface area contributed by atoms with E-state index in [1.807, 2.05) is 18.2 Å². The molecule has 20 heavy (non-hydrogen) atoms. The van der Waals surface area contributed by atoms with Crippen LogP contribution in [-0.2, 0) is 6.42 Å². The molecule has 1 heterocycles. The molecule has 0 aliphatic carbocycles. The zero-order chi connectivity index (χ0) is 14.4. The summed E-state index contributed by atoms with van der Waals surface area (Å²) >= 11 is 0. The average molecular weight is 275 g/mol. The average Bonchev–Trinajstić information content (AvgIpc) is 2.44. The Hall–Kier alpha value is -1.84. The maximum absolute atomic E-state index is 12.1. The van der Waals surface area contributed by atoms with Crippen molar-refractivity contribution in [1.29, 1.82) is 0 Å². The van der Waals surface area contributed by atoms with Crippen LogP contribution in [-0.4, -0.2) is 11.6 Å². The number of hydrogen-bond donors (Lipinski definition) is 0. The van der Waals surface area contributed by atoms with E-state index in [1.54, 1.807) is 0 Å². The molecule has 0 atom stereocenters. The highest BCUT2D eigenvalue weighted by Gasteiger charge is 2.10. The number of nitrogens with zero attached hydrogens (tertiary/aromatic N) is 1. The largest absolute Gasteiger partial charge is 0.450 e. The lowest BCUT2D eigenvalue weighted by Gasteiger charge is -2.06. The number of hydrogen-bond acceptors (Lipinski definition) is 4. The van der Waals surface area contributed by atoms with E-state index in [4.69, 9.17) is 9.15 Å². The third kappa shape index (κ3) is 3.38. The van der Waals surface area contributed by atoms with Crippen molar-refractivity contribution < 1.29 is 9.15 Å². The van der Waals surface area contributed by atoms with Crippen LogP contribution in [0.2, 0.25) is 0 Å². The second-order valence-electron chi connectivity index (χ2n) is 4.88. The molecule has 0 bridgehead atoms. The van der Waals surface area contributed by atoms with Gasteiger partial charge < -0.3 is 9.15 Å². The van der Waals surface area contributed by atoms with E-state index in [1.165, 1.54) is 0 Å². The van der Waals surface area contributed by atoms with Gasteiger partial charge in [-0.05, 0) is 24.5 Å². The predicted octanol–water partition coefficient (Wildman–Crippen LogP) is 3.71. The van der Waals surface area contributed by atoms with Gasteiger partial charge in [0.15, 0.2) is 0 Å². The Morgan fingerprint density at radius 1 is 1.20 bits per heavy atom. The quantitative estimate of drug-likeness (QED) is 0.723. The van der Waals surface area contributed by atoms with Crippen molar-refractivity contribution in [3.8, 4) is 6.08 Å². The Morgan fingerprint density at radius 2 is 2.05 bits per heavy atom. The third-order valence-electron chi connectivity index (χ3n) is 3.22. The van der Waals surface area contributed by atoms with Gasteiger partial charge in [-0.2, -0.15) is 4.98 Å². The number of benzene rings is 1. The molecule has 0 saturated heterocycles. The molecule has 0 aliphatic rings. The lowest BCUT2D eigenvalue weighted by Crippen LogP contribution is -2.08. The summed E-state index contributed by atoms with van der Waals surface area (Å²) in [5, 5.41) is 0.579. The maximum atomic E-state index is 12.1. The second-order valence-corrected chi connectivity index (χ2v) is 4.88. The Kier molecular flexibility index (Phi) is 5.16. The number of ether oxygens (including phenoxy) is 1. The van der Waals surface area contributed by atoms with E-state index in [0.29, 0.717) is 17.5 Å². The van der Waals surface area contributed by atoms with Crippen LogP contribution in [0.25, 0.3) is 10.9 Å². The van der Waals surface area contributed by atoms with Crippen LogP contribution in [0.5, 0.6) is 6.08 Å². The molecule has 0 radical (unpaired) electrons. The zero-order valence-electron chi connectivity index (χ0n) is 12.1. The summed E-state index contributed by atoms with van der Waals surface area (Å²) < 4.78 is 10.6. The van der Waals surface area contributed by atoms with Crippen LogP contribution in [0.4, 0.5) is 0 Å². The Labute approximate surface area is 118 Å². The summed E-state index contributed by atoms with van der Waals surface area (Å²) in [5.74, 6) is 0. The molecule has 0 fully saturated rings. The summed E-state index contributed by atoms with van der Waals surface area (Å²) in [4.78, 5) is 16.4. The van der Waals surface area contributed by atoms with Crippen LogP contribution < -0.4 is 10.4 Å². The van der Waals surface area contributed by atoms with Crippen LogP contribution in [0.1, 0.15) is 45.1 Å². The molecule has 0 N–H and O–H groups in total. The van der Waals surface area contributed by atoms with E-state index in [-0.39, 0.29) is 11.7 Å². The minimum absolute atomic E-state index is 0.0762. The van der Waals surface area contributed by atoms with Gasteiger partial charge in [-0.1, -0.05) is 45.2 Å². The molecular formula is C16H21NO3. The van der Waals surface area contributed by atoms with Gasteiger partial charge in [0.25, 0.3) is 0 Å².